The van der Waals surface area contributed by atoms with E-state index in [-0.39, 0.29) is 18.4 Å². The summed E-state index contributed by atoms with van der Waals surface area (Å²) in [5.74, 6) is 1.63. The Bertz CT molecular complexity index is 1340. The van der Waals surface area contributed by atoms with Crippen molar-refractivity contribution in [3.63, 3.8) is 0 Å². The fourth-order valence-electron chi connectivity index (χ4n) is 4.92. The van der Waals surface area contributed by atoms with Gasteiger partial charge in [-0.05, 0) is 68.3 Å². The summed E-state index contributed by atoms with van der Waals surface area (Å²) < 4.78 is 7.97. The third kappa shape index (κ3) is 4.93. The van der Waals surface area contributed by atoms with Crippen LogP contribution in [0.1, 0.15) is 34.9 Å². The van der Waals surface area contributed by atoms with Crippen molar-refractivity contribution >= 4 is 22.6 Å². The molecular weight excluding hydrogens is 438 g/mol. The summed E-state index contributed by atoms with van der Waals surface area (Å²) in [5, 5.41) is 10.9. The van der Waals surface area contributed by atoms with E-state index in [4.69, 9.17) is 9.72 Å². The minimum absolute atomic E-state index is 0.0521. The molecule has 1 fully saturated rings. The molecule has 1 saturated heterocycles. The number of fused-ring (bicyclic) bond motifs is 1. The van der Waals surface area contributed by atoms with Gasteiger partial charge in [0.1, 0.15) is 24.3 Å². The molecule has 6 nitrogen and oxygen atoms in total. The number of amides is 1. The average molecular weight is 470 g/mol. The molecule has 0 aliphatic carbocycles. The molecule has 1 aliphatic rings. The maximum absolute atomic E-state index is 12.9. The first-order valence-electron chi connectivity index (χ1n) is 12.1. The number of aromatic nitrogens is 2. The molecule has 6 heteroatoms. The van der Waals surface area contributed by atoms with Gasteiger partial charge in [0.15, 0.2) is 0 Å². The number of anilines is 1. The van der Waals surface area contributed by atoms with Crippen LogP contribution in [0, 0.1) is 20.8 Å². The Kier molecular flexibility index (Phi) is 6.31. The molecule has 5 rings (SSSR count). The summed E-state index contributed by atoms with van der Waals surface area (Å²) in [7, 11) is 0. The lowest BCUT2D eigenvalue weighted by Crippen LogP contribution is -2.26. The van der Waals surface area contributed by atoms with Gasteiger partial charge in [-0.25, -0.2) is 4.98 Å². The first kappa shape index (κ1) is 23.1. The number of aliphatic hydroxyl groups is 1. The van der Waals surface area contributed by atoms with Crippen molar-refractivity contribution in [2.45, 2.75) is 45.8 Å². The van der Waals surface area contributed by atoms with Crippen LogP contribution in [-0.2, 0) is 11.3 Å². The zero-order chi connectivity index (χ0) is 24.5. The van der Waals surface area contributed by atoms with E-state index < -0.39 is 6.10 Å². The molecule has 0 spiro atoms. The number of para-hydroxylation sites is 2. The largest absolute Gasteiger partial charge is 0.491 e. The zero-order valence-electron chi connectivity index (χ0n) is 20.4. The van der Waals surface area contributed by atoms with Crippen LogP contribution in [0.4, 0.5) is 5.69 Å². The number of imidazole rings is 1. The van der Waals surface area contributed by atoms with Gasteiger partial charge in [-0.3, -0.25) is 4.79 Å². The quantitative estimate of drug-likeness (QED) is 0.417. The lowest BCUT2D eigenvalue weighted by atomic mass is 10.1. The number of rotatable bonds is 7. The van der Waals surface area contributed by atoms with Gasteiger partial charge in [0, 0.05) is 24.6 Å². The van der Waals surface area contributed by atoms with Gasteiger partial charge in [0.2, 0.25) is 5.91 Å². The fraction of sp³-hybridized carbons (Fsp3) is 0.310. The first-order chi connectivity index (χ1) is 16.9. The molecule has 2 unspecified atom stereocenters. The molecule has 0 saturated carbocycles. The van der Waals surface area contributed by atoms with Crippen LogP contribution < -0.4 is 9.64 Å². The van der Waals surface area contributed by atoms with E-state index in [0.717, 1.165) is 45.0 Å². The summed E-state index contributed by atoms with van der Waals surface area (Å²) in [5.41, 5.74) is 6.14. The summed E-state index contributed by atoms with van der Waals surface area (Å²) in [6, 6.07) is 22.0. The first-order valence-corrected chi connectivity index (χ1v) is 12.1. The highest BCUT2D eigenvalue weighted by atomic mass is 16.5. The molecule has 3 aromatic carbocycles. The van der Waals surface area contributed by atoms with E-state index in [2.05, 4.69) is 10.6 Å². The average Bonchev–Trinajstić information content (AvgIpc) is 3.38. The minimum Gasteiger partial charge on any atom is -0.491 e. The molecule has 1 N–H and O–H groups in total. The van der Waals surface area contributed by atoms with Crippen LogP contribution in [0.15, 0.2) is 66.7 Å². The topological polar surface area (TPSA) is 67.6 Å². The lowest BCUT2D eigenvalue weighted by molar-refractivity contribution is -0.117. The van der Waals surface area contributed by atoms with E-state index >= 15 is 0 Å². The highest BCUT2D eigenvalue weighted by molar-refractivity contribution is 5.96. The number of carbonyl (C=O) groups excluding carboxylic acids is 1. The Morgan fingerprint density at radius 1 is 1.00 bits per heavy atom. The van der Waals surface area contributed by atoms with E-state index in [0.29, 0.717) is 19.5 Å². The number of nitrogens with zero attached hydrogens (tertiary/aromatic N) is 3. The smallest absolute Gasteiger partial charge is 0.227 e. The van der Waals surface area contributed by atoms with Crippen molar-refractivity contribution in [2.24, 2.45) is 0 Å². The van der Waals surface area contributed by atoms with Crippen molar-refractivity contribution in [3.05, 3.63) is 89.2 Å². The maximum atomic E-state index is 12.9. The second-order valence-electron chi connectivity index (χ2n) is 9.60. The summed E-state index contributed by atoms with van der Waals surface area (Å²) in [6.45, 7) is 7.19. The van der Waals surface area contributed by atoms with Crippen LogP contribution in [-0.4, -0.2) is 39.8 Å². The Morgan fingerprint density at radius 2 is 1.71 bits per heavy atom. The van der Waals surface area contributed by atoms with Gasteiger partial charge in [0.05, 0.1) is 17.6 Å². The van der Waals surface area contributed by atoms with Crippen LogP contribution in [0.25, 0.3) is 11.0 Å². The molecule has 0 bridgehead atoms. The Balaban J connectivity index is 1.37. The zero-order valence-corrected chi connectivity index (χ0v) is 20.4. The van der Waals surface area contributed by atoms with Crippen molar-refractivity contribution in [2.75, 3.05) is 18.1 Å². The van der Waals surface area contributed by atoms with Gasteiger partial charge >= 0.3 is 0 Å². The van der Waals surface area contributed by atoms with Gasteiger partial charge < -0.3 is 19.3 Å². The van der Waals surface area contributed by atoms with Gasteiger partial charge in [-0.2, -0.15) is 0 Å². The Labute approximate surface area is 205 Å². The number of aryl methyl sites for hydroxylation is 3. The minimum atomic E-state index is -0.725. The van der Waals surface area contributed by atoms with Crippen LogP contribution >= 0.6 is 0 Å². The van der Waals surface area contributed by atoms with Crippen LogP contribution in [0.5, 0.6) is 5.75 Å². The van der Waals surface area contributed by atoms with E-state index in [9.17, 15) is 9.90 Å². The number of aliphatic hydroxyl groups excluding tert-OH is 1. The molecule has 4 aromatic rings. The number of carbonyl (C=O) groups is 1. The van der Waals surface area contributed by atoms with Crippen molar-refractivity contribution in [3.8, 4) is 5.75 Å². The molecular formula is C29H31N3O3. The second-order valence-corrected chi connectivity index (χ2v) is 9.60. The molecule has 180 valence electrons. The number of hydrogen-bond donors (Lipinski definition) is 1. The predicted molar refractivity (Wildman–Crippen MR) is 138 cm³/mol. The fourth-order valence-corrected chi connectivity index (χ4v) is 4.92. The van der Waals surface area contributed by atoms with E-state index in [1.54, 1.807) is 0 Å². The van der Waals surface area contributed by atoms with Crippen molar-refractivity contribution in [1.29, 1.82) is 0 Å². The number of benzene rings is 3. The Morgan fingerprint density at radius 3 is 2.46 bits per heavy atom. The highest BCUT2D eigenvalue weighted by Gasteiger charge is 2.35. The van der Waals surface area contributed by atoms with Gasteiger partial charge in [-0.15, -0.1) is 0 Å². The summed E-state index contributed by atoms with van der Waals surface area (Å²) >= 11 is 0. The van der Waals surface area contributed by atoms with Gasteiger partial charge in [-0.1, -0.05) is 35.9 Å². The molecule has 1 aliphatic heterocycles. The number of ether oxygens (including phenoxy) is 1. The SMILES string of the molecule is Cc1ccc(N2CC(c3nc4ccccc4n3CC(O)COc3cc(C)cc(C)c3)CC2=O)cc1. The lowest BCUT2D eigenvalue weighted by Gasteiger charge is -2.19. The molecule has 0 radical (unpaired) electrons. The summed E-state index contributed by atoms with van der Waals surface area (Å²) in [6.07, 6.45) is -0.329. The molecule has 1 amide bonds. The summed E-state index contributed by atoms with van der Waals surface area (Å²) in [4.78, 5) is 19.7. The van der Waals surface area contributed by atoms with Crippen LogP contribution in [0.2, 0.25) is 0 Å². The van der Waals surface area contributed by atoms with Crippen molar-refractivity contribution < 1.29 is 14.6 Å². The molecule has 35 heavy (non-hydrogen) atoms. The predicted octanol–water partition coefficient (Wildman–Crippen LogP) is 4.92. The van der Waals surface area contributed by atoms with Crippen LogP contribution in [0.3, 0.4) is 0 Å². The van der Waals surface area contributed by atoms with E-state index in [1.807, 2.05) is 86.3 Å². The third-order valence-corrected chi connectivity index (χ3v) is 6.55. The normalized spacial score (nSPS) is 16.7. The second kappa shape index (κ2) is 9.55. The third-order valence-electron chi connectivity index (χ3n) is 6.55. The molecule has 2 atom stereocenters. The van der Waals surface area contributed by atoms with E-state index in [1.165, 1.54) is 0 Å². The Hall–Kier alpha value is -3.64. The van der Waals surface area contributed by atoms with Gasteiger partial charge in [0.25, 0.3) is 0 Å². The molecule has 1 aromatic heterocycles. The molecule has 2 heterocycles. The standard InChI is InChI=1S/C29H31N3O3/c1-19-8-10-23(11-9-19)31-16-22(15-28(31)34)29-30-26-6-4-5-7-27(26)32(29)17-24(33)18-35-25-13-20(2)12-21(3)14-25/h4-14,22,24,33H,15-18H2,1-3H3. The highest BCUT2D eigenvalue weighted by Crippen LogP contribution is 2.33. The van der Waals surface area contributed by atoms with Crippen molar-refractivity contribution in [1.82, 2.24) is 9.55 Å². The monoisotopic (exact) mass is 469 g/mol. The number of hydrogen-bond acceptors (Lipinski definition) is 4. The maximum Gasteiger partial charge on any atom is 0.227 e.